The maximum atomic E-state index is 12.0. The number of para-hydroxylation sites is 1. The molecule has 0 aliphatic rings. The van der Waals surface area contributed by atoms with Crippen LogP contribution in [0.5, 0.6) is 0 Å². The zero-order valence-corrected chi connectivity index (χ0v) is 12.5. The molecule has 0 spiro atoms. The highest BCUT2D eigenvalue weighted by Crippen LogP contribution is 2.28. The number of nitrogens with one attached hydrogen (secondary N) is 1. The number of amides is 1. The quantitative estimate of drug-likeness (QED) is 0.772. The van der Waals surface area contributed by atoms with Crippen LogP contribution in [-0.4, -0.2) is 22.0 Å². The first-order valence-corrected chi connectivity index (χ1v) is 7.37. The number of rotatable bonds is 7. The second-order valence-electron chi connectivity index (χ2n) is 4.75. The normalized spacial score (nSPS) is 10.6. The molecule has 1 aromatic carbocycles. The zero-order valence-electron chi connectivity index (χ0n) is 11.8. The van der Waals surface area contributed by atoms with E-state index in [-0.39, 0.29) is 5.91 Å². The van der Waals surface area contributed by atoms with Gasteiger partial charge in [-0.1, -0.05) is 24.1 Å². The highest BCUT2D eigenvalue weighted by molar-refractivity contribution is 6.33. The fourth-order valence-corrected chi connectivity index (χ4v) is 2.36. The van der Waals surface area contributed by atoms with E-state index in [1.165, 1.54) is 0 Å². The van der Waals surface area contributed by atoms with Crippen LogP contribution in [0.1, 0.15) is 25.7 Å². The van der Waals surface area contributed by atoms with Gasteiger partial charge in [-0.25, -0.2) is 4.98 Å². The smallest absolute Gasteiger partial charge is 0.224 e. The first-order valence-electron chi connectivity index (χ1n) is 6.99. The van der Waals surface area contributed by atoms with Crippen molar-refractivity contribution >= 4 is 23.2 Å². The van der Waals surface area contributed by atoms with Crippen LogP contribution in [0.15, 0.2) is 36.9 Å². The molecule has 2 rings (SSSR count). The average molecular weight is 307 g/mol. The molecule has 112 valence electrons. The molecule has 0 aliphatic heterocycles. The van der Waals surface area contributed by atoms with Crippen LogP contribution in [0.4, 0.5) is 5.69 Å². The fraction of sp³-hybridized carbons (Fsp3) is 0.333. The zero-order chi connectivity index (χ0) is 15.1. The monoisotopic (exact) mass is 306 g/mol. The van der Waals surface area contributed by atoms with Gasteiger partial charge in [-0.05, 0) is 31.5 Å². The van der Waals surface area contributed by atoms with Crippen molar-refractivity contribution < 1.29 is 4.79 Å². The molecule has 3 N–H and O–H groups in total. The van der Waals surface area contributed by atoms with Gasteiger partial charge in [-0.3, -0.25) is 4.79 Å². The van der Waals surface area contributed by atoms with E-state index in [4.69, 9.17) is 17.3 Å². The number of hydrogen-bond acceptors (Lipinski definition) is 3. The first-order chi connectivity index (χ1) is 10.2. The molecule has 1 heterocycles. The van der Waals surface area contributed by atoms with Crippen LogP contribution >= 0.6 is 11.6 Å². The molecule has 0 bridgehead atoms. The van der Waals surface area contributed by atoms with E-state index < -0.39 is 0 Å². The van der Waals surface area contributed by atoms with Gasteiger partial charge in [-0.15, -0.1) is 0 Å². The summed E-state index contributed by atoms with van der Waals surface area (Å²) in [6.45, 7) is 0.667. The van der Waals surface area contributed by atoms with Crippen molar-refractivity contribution in [3.63, 3.8) is 0 Å². The third-order valence-corrected chi connectivity index (χ3v) is 3.44. The number of imidazole rings is 1. The van der Waals surface area contributed by atoms with Crippen molar-refractivity contribution in [2.24, 2.45) is 5.73 Å². The van der Waals surface area contributed by atoms with Gasteiger partial charge in [0.15, 0.2) is 0 Å². The first kappa shape index (κ1) is 15.5. The minimum atomic E-state index is -0.0179. The van der Waals surface area contributed by atoms with Gasteiger partial charge in [-0.2, -0.15) is 0 Å². The molecule has 0 atom stereocenters. The van der Waals surface area contributed by atoms with Crippen LogP contribution in [0, 0.1) is 0 Å². The molecule has 5 nitrogen and oxygen atoms in total. The molecule has 1 amide bonds. The van der Waals surface area contributed by atoms with Crippen LogP contribution in [-0.2, 0) is 4.79 Å². The van der Waals surface area contributed by atoms with Crippen LogP contribution in [0.3, 0.4) is 0 Å². The predicted octanol–water partition coefficient (Wildman–Crippen LogP) is 2.98. The molecule has 2 aromatic rings. The summed E-state index contributed by atoms with van der Waals surface area (Å²) in [5.41, 5.74) is 6.85. The Morgan fingerprint density at radius 3 is 2.90 bits per heavy atom. The third-order valence-electron chi connectivity index (χ3n) is 3.13. The lowest BCUT2D eigenvalue weighted by Gasteiger charge is -2.13. The summed E-state index contributed by atoms with van der Waals surface area (Å²) >= 11 is 6.24. The second kappa shape index (κ2) is 7.81. The molecule has 21 heavy (non-hydrogen) atoms. The van der Waals surface area contributed by atoms with Crippen molar-refractivity contribution in [1.29, 1.82) is 0 Å². The average Bonchev–Trinajstić information content (AvgIpc) is 2.97. The molecule has 0 fully saturated rings. The Bertz CT molecular complexity index is 583. The molecular formula is C15H19ClN4O. The van der Waals surface area contributed by atoms with E-state index >= 15 is 0 Å². The van der Waals surface area contributed by atoms with Gasteiger partial charge in [0.25, 0.3) is 0 Å². The Morgan fingerprint density at radius 2 is 2.19 bits per heavy atom. The van der Waals surface area contributed by atoms with Crippen LogP contribution in [0.25, 0.3) is 5.69 Å². The number of unbranched alkanes of at least 4 members (excludes halogenated alkanes) is 2. The van der Waals surface area contributed by atoms with Crippen LogP contribution < -0.4 is 11.1 Å². The van der Waals surface area contributed by atoms with E-state index in [0.29, 0.717) is 23.7 Å². The lowest BCUT2D eigenvalue weighted by molar-refractivity contribution is -0.116. The Kier molecular flexibility index (Phi) is 5.78. The molecule has 0 saturated carbocycles. The number of halogens is 1. The van der Waals surface area contributed by atoms with Crippen molar-refractivity contribution in [1.82, 2.24) is 9.55 Å². The van der Waals surface area contributed by atoms with Gasteiger partial charge < -0.3 is 15.6 Å². The molecule has 0 saturated heterocycles. The molecule has 1 aromatic heterocycles. The van der Waals surface area contributed by atoms with Crippen LogP contribution in [0.2, 0.25) is 5.02 Å². The molecular weight excluding hydrogens is 288 g/mol. The summed E-state index contributed by atoms with van der Waals surface area (Å²) in [7, 11) is 0. The maximum absolute atomic E-state index is 12.0. The summed E-state index contributed by atoms with van der Waals surface area (Å²) in [5, 5.41) is 3.48. The number of nitrogens with zero attached hydrogens (tertiary/aromatic N) is 2. The summed E-state index contributed by atoms with van der Waals surface area (Å²) < 4.78 is 1.78. The van der Waals surface area contributed by atoms with Gasteiger partial charge in [0, 0.05) is 18.8 Å². The van der Waals surface area contributed by atoms with Crippen molar-refractivity contribution in [3.05, 3.63) is 41.9 Å². The Labute approximate surface area is 129 Å². The van der Waals surface area contributed by atoms with Crippen molar-refractivity contribution in [2.75, 3.05) is 11.9 Å². The van der Waals surface area contributed by atoms with Gasteiger partial charge in [0.2, 0.25) is 5.91 Å². The standard InChI is InChI=1S/C15H19ClN4O/c16-12-5-4-6-13(15(12)20-10-9-18-11-20)19-14(21)7-2-1-3-8-17/h4-6,9-11H,1-3,7-8,17H2,(H,19,21). The Hall–Kier alpha value is -1.85. The van der Waals surface area contributed by atoms with E-state index in [1.54, 1.807) is 29.4 Å². The maximum Gasteiger partial charge on any atom is 0.224 e. The van der Waals surface area contributed by atoms with Crippen molar-refractivity contribution in [2.45, 2.75) is 25.7 Å². The van der Waals surface area contributed by atoms with Gasteiger partial charge >= 0.3 is 0 Å². The number of benzene rings is 1. The van der Waals surface area contributed by atoms with E-state index in [1.807, 2.05) is 12.1 Å². The topological polar surface area (TPSA) is 72.9 Å². The highest BCUT2D eigenvalue weighted by Gasteiger charge is 2.11. The predicted molar refractivity (Wildman–Crippen MR) is 84.7 cm³/mol. The molecule has 0 radical (unpaired) electrons. The largest absolute Gasteiger partial charge is 0.330 e. The number of carbonyl (C=O) groups excluding carboxylic acids is 1. The number of nitrogens with two attached hydrogens (primary N) is 1. The Balaban J connectivity index is 2.07. The van der Waals surface area contributed by atoms with E-state index in [0.717, 1.165) is 24.9 Å². The molecule has 0 unspecified atom stereocenters. The second-order valence-corrected chi connectivity index (χ2v) is 5.16. The molecule has 6 heteroatoms. The highest BCUT2D eigenvalue weighted by atomic mass is 35.5. The lowest BCUT2D eigenvalue weighted by atomic mass is 10.2. The number of anilines is 1. The minimum absolute atomic E-state index is 0.0179. The fourth-order valence-electron chi connectivity index (χ4n) is 2.09. The summed E-state index contributed by atoms with van der Waals surface area (Å²) in [6, 6.07) is 5.43. The molecule has 0 aliphatic carbocycles. The summed E-state index contributed by atoms with van der Waals surface area (Å²) in [5.74, 6) is -0.0179. The summed E-state index contributed by atoms with van der Waals surface area (Å²) in [6.07, 6.45) is 8.34. The SMILES string of the molecule is NCCCCCC(=O)Nc1cccc(Cl)c1-n1ccnc1. The number of aromatic nitrogens is 2. The number of hydrogen-bond donors (Lipinski definition) is 2. The van der Waals surface area contributed by atoms with E-state index in [9.17, 15) is 4.79 Å². The third kappa shape index (κ3) is 4.31. The van der Waals surface area contributed by atoms with Crippen molar-refractivity contribution in [3.8, 4) is 5.69 Å². The van der Waals surface area contributed by atoms with Gasteiger partial charge in [0.1, 0.15) is 0 Å². The summed E-state index contributed by atoms with van der Waals surface area (Å²) in [4.78, 5) is 16.0. The van der Waals surface area contributed by atoms with Gasteiger partial charge in [0.05, 0.1) is 22.7 Å². The minimum Gasteiger partial charge on any atom is -0.330 e. The number of carbonyl (C=O) groups is 1. The van der Waals surface area contributed by atoms with E-state index in [2.05, 4.69) is 10.3 Å². The Morgan fingerprint density at radius 1 is 1.33 bits per heavy atom. The lowest BCUT2D eigenvalue weighted by Crippen LogP contribution is -2.13.